The average molecular weight is 347 g/mol. The highest BCUT2D eigenvalue weighted by Gasteiger charge is 2.14. The normalized spacial score (nSPS) is 11.0. The highest BCUT2D eigenvalue weighted by atomic mass is 19.1. The Kier molecular flexibility index (Phi) is 4.13. The van der Waals surface area contributed by atoms with E-state index < -0.39 is 0 Å². The molecule has 0 aliphatic carbocycles. The maximum atomic E-state index is 13.3. The molecular formula is C21H18FN3O. The third-order valence-corrected chi connectivity index (χ3v) is 4.26. The number of hydrogen-bond acceptors (Lipinski definition) is 3. The van der Waals surface area contributed by atoms with Gasteiger partial charge in [0.1, 0.15) is 12.4 Å². The van der Waals surface area contributed by atoms with Crippen LogP contribution >= 0.6 is 0 Å². The summed E-state index contributed by atoms with van der Waals surface area (Å²) >= 11 is 0. The van der Waals surface area contributed by atoms with Crippen molar-refractivity contribution in [3.8, 4) is 11.6 Å². The molecule has 0 saturated carbocycles. The number of hydrogen-bond donors (Lipinski definition) is 0. The van der Waals surface area contributed by atoms with Crippen molar-refractivity contribution in [1.29, 1.82) is 0 Å². The quantitative estimate of drug-likeness (QED) is 0.534. The van der Waals surface area contributed by atoms with Crippen molar-refractivity contribution in [2.75, 3.05) is 0 Å². The third-order valence-electron chi connectivity index (χ3n) is 4.26. The van der Waals surface area contributed by atoms with E-state index in [0.717, 1.165) is 33.5 Å². The molecule has 0 radical (unpaired) electrons. The number of fused-ring (bicyclic) bond motifs is 1. The largest absolute Gasteiger partial charge is 0.473 e. The summed E-state index contributed by atoms with van der Waals surface area (Å²) in [6.45, 7) is 4.25. The standard InChI is InChI=1S/C21H18FN3O/c1-14-11-19(26-13-16-7-6-8-17(22)12-16)23-21-20(14)15(2)24-25(21)18-9-4-3-5-10-18/h3-12H,13H2,1-2H3. The summed E-state index contributed by atoms with van der Waals surface area (Å²) in [6.07, 6.45) is 0. The van der Waals surface area contributed by atoms with Gasteiger partial charge in [0, 0.05) is 11.5 Å². The molecule has 0 fully saturated rings. The van der Waals surface area contributed by atoms with Gasteiger partial charge in [-0.3, -0.25) is 0 Å². The van der Waals surface area contributed by atoms with Gasteiger partial charge >= 0.3 is 0 Å². The van der Waals surface area contributed by atoms with E-state index in [0.29, 0.717) is 5.88 Å². The molecule has 0 aliphatic rings. The van der Waals surface area contributed by atoms with Gasteiger partial charge in [0.05, 0.1) is 11.4 Å². The summed E-state index contributed by atoms with van der Waals surface area (Å²) in [5, 5.41) is 5.66. The molecular weight excluding hydrogens is 329 g/mol. The lowest BCUT2D eigenvalue weighted by molar-refractivity contribution is 0.294. The Labute approximate surface area is 150 Å². The van der Waals surface area contributed by atoms with Crippen LogP contribution in [0, 0.1) is 19.7 Å². The number of nitrogens with zero attached hydrogens (tertiary/aromatic N) is 3. The molecule has 2 heterocycles. The van der Waals surface area contributed by atoms with Crippen LogP contribution in [0.15, 0.2) is 60.7 Å². The summed E-state index contributed by atoms with van der Waals surface area (Å²) in [7, 11) is 0. The highest BCUT2D eigenvalue weighted by Crippen LogP contribution is 2.27. The molecule has 0 N–H and O–H groups in total. The van der Waals surface area contributed by atoms with Crippen LogP contribution in [0.3, 0.4) is 0 Å². The fraction of sp³-hybridized carbons (Fsp3) is 0.143. The predicted molar refractivity (Wildman–Crippen MR) is 99.1 cm³/mol. The number of aromatic nitrogens is 3. The molecule has 0 amide bonds. The van der Waals surface area contributed by atoms with Crippen molar-refractivity contribution in [3.05, 3.63) is 83.3 Å². The van der Waals surface area contributed by atoms with Gasteiger partial charge in [0.2, 0.25) is 5.88 Å². The number of halogens is 1. The molecule has 26 heavy (non-hydrogen) atoms. The topological polar surface area (TPSA) is 39.9 Å². The number of benzene rings is 2. The van der Waals surface area contributed by atoms with E-state index in [-0.39, 0.29) is 12.4 Å². The van der Waals surface area contributed by atoms with Gasteiger partial charge in [-0.15, -0.1) is 0 Å². The molecule has 0 aliphatic heterocycles. The van der Waals surface area contributed by atoms with E-state index in [2.05, 4.69) is 10.1 Å². The molecule has 4 rings (SSSR count). The van der Waals surface area contributed by atoms with E-state index in [1.54, 1.807) is 6.07 Å². The zero-order valence-electron chi connectivity index (χ0n) is 14.6. The Hall–Kier alpha value is -3.21. The van der Waals surface area contributed by atoms with Gasteiger partial charge < -0.3 is 4.74 Å². The first-order chi connectivity index (χ1) is 12.6. The summed E-state index contributed by atoms with van der Waals surface area (Å²) in [6, 6.07) is 18.1. The Bertz CT molecular complexity index is 1070. The second-order valence-corrected chi connectivity index (χ2v) is 6.23. The molecule has 4 aromatic rings. The first-order valence-corrected chi connectivity index (χ1v) is 8.41. The maximum absolute atomic E-state index is 13.3. The molecule has 2 aromatic heterocycles. The summed E-state index contributed by atoms with van der Waals surface area (Å²) in [5.74, 6) is 0.222. The average Bonchev–Trinajstić information content (AvgIpc) is 2.98. The van der Waals surface area contributed by atoms with E-state index in [1.807, 2.05) is 61.0 Å². The lowest BCUT2D eigenvalue weighted by Gasteiger charge is -2.08. The van der Waals surface area contributed by atoms with Crippen LogP contribution in [0.5, 0.6) is 5.88 Å². The van der Waals surface area contributed by atoms with Crippen LogP contribution in [-0.4, -0.2) is 14.8 Å². The maximum Gasteiger partial charge on any atom is 0.215 e. The lowest BCUT2D eigenvalue weighted by atomic mass is 10.1. The van der Waals surface area contributed by atoms with Crippen LogP contribution in [-0.2, 0) is 6.61 Å². The zero-order chi connectivity index (χ0) is 18.1. The molecule has 0 bridgehead atoms. The summed E-state index contributed by atoms with van der Waals surface area (Å²) in [4.78, 5) is 4.66. The Balaban J connectivity index is 1.73. The minimum Gasteiger partial charge on any atom is -0.473 e. The summed E-state index contributed by atoms with van der Waals surface area (Å²) in [5.41, 5.74) is 4.43. The van der Waals surface area contributed by atoms with Crippen LogP contribution < -0.4 is 4.74 Å². The number of para-hydroxylation sites is 1. The van der Waals surface area contributed by atoms with Gasteiger partial charge in [-0.05, 0) is 49.2 Å². The number of rotatable bonds is 4. The molecule has 0 spiro atoms. The van der Waals surface area contributed by atoms with Crippen LogP contribution in [0.1, 0.15) is 16.8 Å². The monoisotopic (exact) mass is 347 g/mol. The number of pyridine rings is 1. The highest BCUT2D eigenvalue weighted by molar-refractivity contribution is 5.83. The molecule has 130 valence electrons. The molecule has 0 unspecified atom stereocenters. The first-order valence-electron chi connectivity index (χ1n) is 8.41. The Morgan fingerprint density at radius 3 is 2.58 bits per heavy atom. The minimum atomic E-state index is -0.275. The van der Waals surface area contributed by atoms with Crippen molar-refractivity contribution in [1.82, 2.24) is 14.8 Å². The van der Waals surface area contributed by atoms with Crippen molar-refractivity contribution < 1.29 is 9.13 Å². The predicted octanol–water partition coefficient (Wildman–Crippen LogP) is 4.76. The molecule has 5 heteroatoms. The van der Waals surface area contributed by atoms with Crippen molar-refractivity contribution in [3.63, 3.8) is 0 Å². The van der Waals surface area contributed by atoms with Crippen molar-refractivity contribution in [2.24, 2.45) is 0 Å². The van der Waals surface area contributed by atoms with E-state index in [9.17, 15) is 4.39 Å². The Morgan fingerprint density at radius 1 is 1.00 bits per heavy atom. The van der Waals surface area contributed by atoms with Crippen LogP contribution in [0.4, 0.5) is 4.39 Å². The van der Waals surface area contributed by atoms with Crippen molar-refractivity contribution in [2.45, 2.75) is 20.5 Å². The van der Waals surface area contributed by atoms with Gasteiger partial charge in [0.15, 0.2) is 5.65 Å². The van der Waals surface area contributed by atoms with E-state index in [1.165, 1.54) is 12.1 Å². The Morgan fingerprint density at radius 2 is 1.81 bits per heavy atom. The van der Waals surface area contributed by atoms with Gasteiger partial charge in [-0.25, -0.2) is 9.07 Å². The second kappa shape index (κ2) is 6.59. The number of aryl methyl sites for hydroxylation is 2. The zero-order valence-corrected chi connectivity index (χ0v) is 14.6. The smallest absolute Gasteiger partial charge is 0.215 e. The van der Waals surface area contributed by atoms with Crippen LogP contribution in [0.25, 0.3) is 16.7 Å². The van der Waals surface area contributed by atoms with Crippen LogP contribution in [0.2, 0.25) is 0 Å². The third kappa shape index (κ3) is 3.04. The van der Waals surface area contributed by atoms with Gasteiger partial charge in [-0.2, -0.15) is 10.1 Å². The molecule has 4 nitrogen and oxygen atoms in total. The number of ether oxygens (including phenoxy) is 1. The van der Waals surface area contributed by atoms with Crippen molar-refractivity contribution >= 4 is 11.0 Å². The molecule has 0 saturated heterocycles. The fourth-order valence-corrected chi connectivity index (χ4v) is 3.08. The van der Waals surface area contributed by atoms with E-state index in [4.69, 9.17) is 4.74 Å². The summed E-state index contributed by atoms with van der Waals surface area (Å²) < 4.78 is 21.0. The lowest BCUT2D eigenvalue weighted by Crippen LogP contribution is -2.01. The van der Waals surface area contributed by atoms with E-state index >= 15 is 0 Å². The van der Waals surface area contributed by atoms with Gasteiger partial charge in [-0.1, -0.05) is 30.3 Å². The van der Waals surface area contributed by atoms with Gasteiger partial charge in [0.25, 0.3) is 0 Å². The molecule has 0 atom stereocenters. The fourth-order valence-electron chi connectivity index (χ4n) is 3.08. The molecule has 2 aromatic carbocycles. The SMILES string of the molecule is Cc1cc(OCc2cccc(F)c2)nc2c1c(C)nn2-c1ccccc1. The minimum absolute atomic E-state index is 0.258. The second-order valence-electron chi connectivity index (χ2n) is 6.23. The first kappa shape index (κ1) is 16.3.